The van der Waals surface area contributed by atoms with Gasteiger partial charge in [-0.3, -0.25) is 9.48 Å². The van der Waals surface area contributed by atoms with E-state index in [4.69, 9.17) is 4.74 Å². The molecule has 1 aromatic heterocycles. The highest BCUT2D eigenvalue weighted by Crippen LogP contribution is 2.49. The summed E-state index contributed by atoms with van der Waals surface area (Å²) >= 11 is 0. The van der Waals surface area contributed by atoms with Crippen molar-refractivity contribution in [1.82, 2.24) is 20.4 Å². The minimum Gasteiger partial charge on any atom is -0.487 e. The van der Waals surface area contributed by atoms with Gasteiger partial charge >= 0.3 is 0 Å². The fraction of sp³-hybridized carbons (Fsp3) is 0.565. The Kier molecular flexibility index (Phi) is 6.11. The Balaban J connectivity index is 1.47. The molecule has 3 atom stereocenters. The number of nitrogens with zero attached hydrogens (tertiary/aromatic N) is 2. The number of aliphatic hydroxyl groups is 1. The van der Waals surface area contributed by atoms with Crippen LogP contribution < -0.4 is 15.4 Å². The zero-order chi connectivity index (χ0) is 21.1. The van der Waals surface area contributed by atoms with Crippen LogP contribution in [-0.2, 0) is 17.8 Å². The lowest BCUT2D eigenvalue weighted by Crippen LogP contribution is -2.52. The van der Waals surface area contributed by atoms with Gasteiger partial charge in [-0.1, -0.05) is 19.1 Å². The molecule has 30 heavy (non-hydrogen) atoms. The van der Waals surface area contributed by atoms with Gasteiger partial charge < -0.3 is 20.5 Å². The molecule has 0 radical (unpaired) electrons. The van der Waals surface area contributed by atoms with E-state index in [0.717, 1.165) is 31.4 Å². The maximum atomic E-state index is 11.7. The van der Waals surface area contributed by atoms with Gasteiger partial charge in [-0.05, 0) is 43.4 Å². The van der Waals surface area contributed by atoms with Gasteiger partial charge in [0.1, 0.15) is 11.4 Å². The second kappa shape index (κ2) is 8.78. The average Bonchev–Trinajstić information content (AvgIpc) is 3.22. The van der Waals surface area contributed by atoms with E-state index in [-0.39, 0.29) is 17.6 Å². The fourth-order valence-corrected chi connectivity index (χ4v) is 4.54. The molecule has 0 bridgehead atoms. The van der Waals surface area contributed by atoms with Crippen LogP contribution in [0.2, 0.25) is 0 Å². The molecular formula is C23H32N4O3. The number of aliphatic hydroxyl groups excluding tert-OH is 1. The number of fused-ring (bicyclic) bond motifs is 1. The van der Waals surface area contributed by atoms with E-state index >= 15 is 0 Å². The van der Waals surface area contributed by atoms with E-state index in [0.29, 0.717) is 13.1 Å². The molecule has 3 N–H and O–H groups in total. The standard InChI is InChI=1S/C23H32N4O3/c1-3-17-6-7-22-18(12-17)19(13-23(30-22)8-4-9-23)24-14-21(29)20(26-16(2)28)15-27-11-5-10-25-27/h5-7,10-12,19-21,24,29H,3-4,8-9,13-15H2,1-2H3,(H,26,28)/t19-,20-,21-/m0/s1. The molecular weight excluding hydrogens is 380 g/mol. The second-order valence-corrected chi connectivity index (χ2v) is 8.63. The van der Waals surface area contributed by atoms with Crippen molar-refractivity contribution < 1.29 is 14.6 Å². The van der Waals surface area contributed by atoms with E-state index in [2.05, 4.69) is 40.9 Å². The normalized spacial score (nSPS) is 21.2. The summed E-state index contributed by atoms with van der Waals surface area (Å²) in [7, 11) is 0. The van der Waals surface area contributed by atoms with Crippen LogP contribution >= 0.6 is 0 Å². The first-order valence-corrected chi connectivity index (χ1v) is 11.0. The Morgan fingerprint density at radius 2 is 2.27 bits per heavy atom. The minimum absolute atomic E-state index is 0.0740. The summed E-state index contributed by atoms with van der Waals surface area (Å²) in [6.45, 7) is 4.42. The third-order valence-electron chi connectivity index (χ3n) is 6.39. The first kappa shape index (κ1) is 20.9. The summed E-state index contributed by atoms with van der Waals surface area (Å²) in [6, 6.07) is 7.99. The highest BCUT2D eigenvalue weighted by atomic mass is 16.5. The van der Waals surface area contributed by atoms with Gasteiger partial charge in [0, 0.05) is 43.9 Å². The quantitative estimate of drug-likeness (QED) is 0.619. The van der Waals surface area contributed by atoms with Gasteiger partial charge in [0.15, 0.2) is 0 Å². The Morgan fingerprint density at radius 3 is 2.90 bits per heavy atom. The number of nitrogens with one attached hydrogen (secondary N) is 2. The molecule has 1 fully saturated rings. The Bertz CT molecular complexity index is 863. The second-order valence-electron chi connectivity index (χ2n) is 8.63. The van der Waals surface area contributed by atoms with Crippen molar-refractivity contribution in [2.45, 2.75) is 76.3 Å². The first-order valence-electron chi connectivity index (χ1n) is 11.0. The van der Waals surface area contributed by atoms with E-state index in [1.807, 2.05) is 12.3 Å². The van der Waals surface area contributed by atoms with Crippen LogP contribution in [0.15, 0.2) is 36.7 Å². The number of hydrogen-bond acceptors (Lipinski definition) is 5. The van der Waals surface area contributed by atoms with Gasteiger partial charge in [0.2, 0.25) is 5.91 Å². The zero-order valence-electron chi connectivity index (χ0n) is 17.8. The molecule has 2 aromatic rings. The first-order chi connectivity index (χ1) is 14.5. The Labute approximate surface area is 177 Å². The van der Waals surface area contributed by atoms with Crippen LogP contribution in [0.25, 0.3) is 0 Å². The molecule has 1 aliphatic heterocycles. The fourth-order valence-electron chi connectivity index (χ4n) is 4.54. The van der Waals surface area contributed by atoms with E-state index in [1.54, 1.807) is 10.9 Å². The summed E-state index contributed by atoms with van der Waals surface area (Å²) < 4.78 is 8.12. The van der Waals surface area contributed by atoms with Crippen molar-refractivity contribution in [2.75, 3.05) is 6.54 Å². The Morgan fingerprint density at radius 1 is 1.43 bits per heavy atom. The summed E-state index contributed by atoms with van der Waals surface area (Å²) in [5, 5.41) is 21.5. The maximum Gasteiger partial charge on any atom is 0.217 e. The molecule has 162 valence electrons. The number of rotatable bonds is 8. The van der Waals surface area contributed by atoms with Crippen molar-refractivity contribution in [1.29, 1.82) is 0 Å². The van der Waals surface area contributed by atoms with Crippen LogP contribution in [0.5, 0.6) is 5.75 Å². The SMILES string of the molecule is CCc1ccc2c(c1)[C@@H](NC[C@H](O)[C@H](Cn1cccn1)NC(C)=O)CC1(CCC1)O2. The largest absolute Gasteiger partial charge is 0.487 e. The summed E-state index contributed by atoms with van der Waals surface area (Å²) in [6.07, 6.45) is 8.02. The van der Waals surface area contributed by atoms with Crippen molar-refractivity contribution >= 4 is 5.91 Å². The number of aromatic nitrogens is 2. The number of hydrogen-bond donors (Lipinski definition) is 3. The van der Waals surface area contributed by atoms with Crippen molar-refractivity contribution in [3.8, 4) is 5.75 Å². The van der Waals surface area contributed by atoms with Gasteiger partial charge in [0.05, 0.1) is 18.7 Å². The number of carbonyl (C=O) groups is 1. The van der Waals surface area contributed by atoms with E-state index < -0.39 is 12.1 Å². The topological polar surface area (TPSA) is 88.4 Å². The van der Waals surface area contributed by atoms with Crippen molar-refractivity contribution in [3.63, 3.8) is 0 Å². The molecule has 2 aliphatic rings. The van der Waals surface area contributed by atoms with Gasteiger partial charge in [-0.15, -0.1) is 0 Å². The molecule has 1 spiro atoms. The predicted octanol–water partition coefficient (Wildman–Crippen LogP) is 2.35. The molecule has 2 heterocycles. The van der Waals surface area contributed by atoms with Crippen LogP contribution in [0, 0.1) is 0 Å². The van der Waals surface area contributed by atoms with Crippen LogP contribution in [0.3, 0.4) is 0 Å². The number of aryl methyl sites for hydroxylation is 1. The smallest absolute Gasteiger partial charge is 0.217 e. The van der Waals surface area contributed by atoms with Gasteiger partial charge in [-0.25, -0.2) is 0 Å². The third kappa shape index (κ3) is 4.52. The average molecular weight is 413 g/mol. The van der Waals surface area contributed by atoms with Crippen molar-refractivity contribution in [2.24, 2.45) is 0 Å². The summed E-state index contributed by atoms with van der Waals surface area (Å²) in [5.41, 5.74) is 2.38. The molecule has 1 amide bonds. The lowest BCUT2D eigenvalue weighted by atomic mass is 9.72. The Hall–Kier alpha value is -2.38. The maximum absolute atomic E-state index is 11.7. The molecule has 1 saturated carbocycles. The highest BCUT2D eigenvalue weighted by molar-refractivity contribution is 5.73. The monoisotopic (exact) mass is 412 g/mol. The predicted molar refractivity (Wildman–Crippen MR) is 114 cm³/mol. The third-order valence-corrected chi connectivity index (χ3v) is 6.39. The van der Waals surface area contributed by atoms with E-state index in [1.165, 1.54) is 24.5 Å². The lowest BCUT2D eigenvalue weighted by molar-refractivity contribution is -0.120. The van der Waals surface area contributed by atoms with Gasteiger partial charge in [-0.2, -0.15) is 5.10 Å². The molecule has 7 heteroatoms. The summed E-state index contributed by atoms with van der Waals surface area (Å²) in [4.78, 5) is 11.7. The molecule has 1 aliphatic carbocycles. The minimum atomic E-state index is -0.740. The van der Waals surface area contributed by atoms with Crippen LogP contribution in [0.1, 0.15) is 56.7 Å². The van der Waals surface area contributed by atoms with Crippen LogP contribution in [-0.4, -0.2) is 45.1 Å². The van der Waals surface area contributed by atoms with Crippen molar-refractivity contribution in [3.05, 3.63) is 47.8 Å². The molecule has 7 nitrogen and oxygen atoms in total. The highest BCUT2D eigenvalue weighted by Gasteiger charge is 2.45. The van der Waals surface area contributed by atoms with Crippen LogP contribution in [0.4, 0.5) is 0 Å². The number of carbonyl (C=O) groups excluding carboxylic acids is 1. The number of benzene rings is 1. The lowest BCUT2D eigenvalue weighted by Gasteiger charge is -2.48. The van der Waals surface area contributed by atoms with E-state index in [9.17, 15) is 9.90 Å². The molecule has 0 saturated heterocycles. The number of amides is 1. The zero-order valence-corrected chi connectivity index (χ0v) is 17.8. The summed E-state index contributed by atoms with van der Waals surface area (Å²) in [5.74, 6) is 0.795. The molecule has 0 unspecified atom stereocenters. The molecule has 4 rings (SSSR count). The molecule has 1 aromatic carbocycles. The number of ether oxygens (including phenoxy) is 1. The van der Waals surface area contributed by atoms with Gasteiger partial charge in [0.25, 0.3) is 0 Å².